The molecule has 7 heteroatoms. The van der Waals surface area contributed by atoms with E-state index in [2.05, 4.69) is 0 Å². The molecule has 2 aliphatic heterocycles. The van der Waals surface area contributed by atoms with Crippen molar-refractivity contribution < 1.29 is 27.4 Å². The molecule has 0 bridgehead atoms. The molecule has 1 spiro atoms. The summed E-state index contributed by atoms with van der Waals surface area (Å²) >= 11 is 0. The third-order valence-corrected chi connectivity index (χ3v) is 4.31. The first-order valence-corrected chi connectivity index (χ1v) is 7.81. The monoisotopic (exact) mass is 341 g/mol. The first-order chi connectivity index (χ1) is 11.4. The average molecular weight is 341 g/mol. The van der Waals surface area contributed by atoms with Gasteiger partial charge in [0, 0.05) is 32.0 Å². The number of allylic oxidation sites excluding steroid dienone is 1. The lowest BCUT2D eigenvalue weighted by molar-refractivity contribution is -0.186. The van der Waals surface area contributed by atoms with E-state index >= 15 is 0 Å². The van der Waals surface area contributed by atoms with E-state index in [0.29, 0.717) is 45.2 Å². The molecule has 2 fully saturated rings. The van der Waals surface area contributed by atoms with Gasteiger partial charge >= 0.3 is 6.18 Å². The minimum atomic E-state index is -4.59. The lowest BCUT2D eigenvalue weighted by Gasteiger charge is -2.37. The Morgan fingerprint density at radius 2 is 1.67 bits per heavy atom. The van der Waals surface area contributed by atoms with Crippen LogP contribution in [0.25, 0.3) is 5.57 Å². The Kier molecular flexibility index (Phi) is 4.64. The molecule has 1 amide bonds. The largest absolute Gasteiger partial charge is 0.417 e. The number of amides is 1. The Hall–Kier alpha value is -1.86. The Morgan fingerprint density at radius 1 is 1.08 bits per heavy atom. The molecule has 0 saturated carbocycles. The van der Waals surface area contributed by atoms with Crippen molar-refractivity contribution in [3.8, 4) is 0 Å². The summed E-state index contributed by atoms with van der Waals surface area (Å²) in [6, 6.07) is 7.35. The predicted octanol–water partition coefficient (Wildman–Crippen LogP) is 3.00. The summed E-state index contributed by atoms with van der Waals surface area (Å²) in [5.41, 5.74) is -0.948. The number of piperidine rings is 1. The van der Waals surface area contributed by atoms with E-state index in [1.807, 2.05) is 0 Å². The van der Waals surface area contributed by atoms with E-state index < -0.39 is 23.4 Å². The van der Waals surface area contributed by atoms with Crippen LogP contribution in [0.15, 0.2) is 36.4 Å². The number of hydrogen-bond acceptors (Lipinski definition) is 3. The van der Waals surface area contributed by atoms with Crippen molar-refractivity contribution in [2.45, 2.75) is 24.8 Å². The fourth-order valence-electron chi connectivity index (χ4n) is 3.01. The van der Waals surface area contributed by atoms with Gasteiger partial charge in [0.2, 0.25) is 5.91 Å². The summed E-state index contributed by atoms with van der Waals surface area (Å²) in [5, 5.41) is 0. The van der Waals surface area contributed by atoms with Crippen molar-refractivity contribution in [3.63, 3.8) is 0 Å². The van der Waals surface area contributed by atoms with E-state index in [0.717, 1.165) is 0 Å². The molecule has 4 nitrogen and oxygen atoms in total. The number of rotatable bonds is 2. The lowest BCUT2D eigenvalue weighted by Crippen LogP contribution is -2.47. The smallest absolute Gasteiger partial charge is 0.347 e. The fraction of sp³-hybridized carbons (Fsp3) is 0.471. The molecule has 0 unspecified atom stereocenters. The second-order valence-electron chi connectivity index (χ2n) is 5.85. The van der Waals surface area contributed by atoms with Crippen molar-refractivity contribution in [2.75, 3.05) is 26.3 Å². The molecule has 0 N–H and O–H groups in total. The second-order valence-corrected chi connectivity index (χ2v) is 5.85. The van der Waals surface area contributed by atoms with Crippen molar-refractivity contribution >= 4 is 11.5 Å². The number of carbonyl (C=O) groups excluding carboxylic acids is 1. The van der Waals surface area contributed by atoms with Crippen molar-refractivity contribution in [1.82, 2.24) is 4.90 Å². The minimum absolute atomic E-state index is 0.0192. The fourth-order valence-corrected chi connectivity index (χ4v) is 3.01. The predicted molar refractivity (Wildman–Crippen MR) is 80.9 cm³/mol. The van der Waals surface area contributed by atoms with Gasteiger partial charge in [0.25, 0.3) is 0 Å². The first-order valence-electron chi connectivity index (χ1n) is 7.81. The van der Waals surface area contributed by atoms with Crippen LogP contribution < -0.4 is 0 Å². The zero-order valence-electron chi connectivity index (χ0n) is 13.0. The topological polar surface area (TPSA) is 38.8 Å². The minimum Gasteiger partial charge on any atom is -0.347 e. The van der Waals surface area contributed by atoms with Gasteiger partial charge in [-0.3, -0.25) is 4.79 Å². The zero-order valence-corrected chi connectivity index (χ0v) is 13.0. The molecule has 2 aliphatic rings. The number of hydrogen-bond donors (Lipinski definition) is 0. The van der Waals surface area contributed by atoms with Gasteiger partial charge in [-0.1, -0.05) is 30.3 Å². The average Bonchev–Trinajstić information content (AvgIpc) is 3.01. The summed E-state index contributed by atoms with van der Waals surface area (Å²) in [5.74, 6) is -1.30. The maximum absolute atomic E-state index is 13.3. The number of carbonyl (C=O) groups is 1. The number of alkyl halides is 3. The first kappa shape index (κ1) is 17.0. The van der Waals surface area contributed by atoms with Crippen LogP contribution in [-0.4, -0.2) is 49.1 Å². The maximum atomic E-state index is 13.3. The number of ether oxygens (including phenoxy) is 2. The van der Waals surface area contributed by atoms with Crippen molar-refractivity contribution in [3.05, 3.63) is 42.0 Å². The van der Waals surface area contributed by atoms with Crippen LogP contribution in [0.5, 0.6) is 0 Å². The lowest BCUT2D eigenvalue weighted by atomic mass is 10.0. The number of benzene rings is 1. The van der Waals surface area contributed by atoms with Crippen LogP contribution in [0.1, 0.15) is 18.4 Å². The van der Waals surface area contributed by atoms with E-state index in [-0.39, 0.29) is 5.56 Å². The Labute approximate surface area is 137 Å². The van der Waals surface area contributed by atoms with Crippen LogP contribution >= 0.6 is 0 Å². The zero-order chi connectivity index (χ0) is 17.2. The van der Waals surface area contributed by atoms with Crippen LogP contribution in [0.3, 0.4) is 0 Å². The van der Waals surface area contributed by atoms with Gasteiger partial charge < -0.3 is 14.4 Å². The molecule has 0 radical (unpaired) electrons. The summed E-state index contributed by atoms with van der Waals surface area (Å²) in [7, 11) is 0. The standard InChI is InChI=1S/C17H18F3NO3/c18-17(19,20)14(13-4-2-1-3-5-13)12-15(22)21-8-6-16(7-9-21)23-10-11-24-16/h1-5,12H,6-11H2/b14-12+. The van der Waals surface area contributed by atoms with Crippen LogP contribution in [0.4, 0.5) is 13.2 Å². The van der Waals surface area contributed by atoms with Gasteiger partial charge in [-0.05, 0) is 5.56 Å². The number of halogens is 3. The molecule has 0 atom stereocenters. The molecule has 1 aromatic rings. The maximum Gasteiger partial charge on any atom is 0.417 e. The van der Waals surface area contributed by atoms with E-state index in [1.54, 1.807) is 6.07 Å². The third-order valence-electron chi connectivity index (χ3n) is 4.31. The van der Waals surface area contributed by atoms with Gasteiger partial charge in [0.05, 0.1) is 18.8 Å². The quantitative estimate of drug-likeness (QED) is 0.777. The van der Waals surface area contributed by atoms with Gasteiger partial charge in [0.1, 0.15) is 0 Å². The number of likely N-dealkylation sites (tertiary alicyclic amines) is 1. The molecule has 0 aliphatic carbocycles. The van der Waals surface area contributed by atoms with Gasteiger partial charge in [-0.15, -0.1) is 0 Å². The summed E-state index contributed by atoms with van der Waals surface area (Å²) < 4.78 is 51.0. The second kappa shape index (κ2) is 6.57. The highest BCUT2D eigenvalue weighted by Crippen LogP contribution is 2.35. The highest BCUT2D eigenvalue weighted by atomic mass is 19.4. The summed E-state index contributed by atoms with van der Waals surface area (Å²) in [6.07, 6.45) is -2.96. The summed E-state index contributed by atoms with van der Waals surface area (Å²) in [6.45, 7) is 1.66. The Bertz CT molecular complexity index is 612. The molecule has 2 saturated heterocycles. The van der Waals surface area contributed by atoms with Crippen LogP contribution in [0.2, 0.25) is 0 Å². The molecule has 3 rings (SSSR count). The highest BCUT2D eigenvalue weighted by Gasteiger charge is 2.41. The van der Waals surface area contributed by atoms with Crippen LogP contribution in [0, 0.1) is 0 Å². The third kappa shape index (κ3) is 3.62. The van der Waals surface area contributed by atoms with E-state index in [9.17, 15) is 18.0 Å². The van der Waals surface area contributed by atoms with Gasteiger partial charge in [-0.25, -0.2) is 0 Å². The van der Waals surface area contributed by atoms with Crippen LogP contribution in [-0.2, 0) is 14.3 Å². The Balaban J connectivity index is 1.74. The highest BCUT2D eigenvalue weighted by molar-refractivity contribution is 5.96. The molecule has 0 aromatic heterocycles. The van der Waals surface area contributed by atoms with Gasteiger partial charge in [0.15, 0.2) is 5.79 Å². The molecule has 2 heterocycles. The SMILES string of the molecule is O=C(/C=C(\c1ccccc1)C(F)(F)F)N1CCC2(CC1)OCCO2. The molecule has 130 valence electrons. The molecular formula is C17H18F3NO3. The van der Waals surface area contributed by atoms with Crippen molar-refractivity contribution in [1.29, 1.82) is 0 Å². The van der Waals surface area contributed by atoms with E-state index in [1.165, 1.54) is 29.2 Å². The molecular weight excluding hydrogens is 323 g/mol. The normalized spacial score (nSPS) is 21.3. The van der Waals surface area contributed by atoms with Gasteiger partial charge in [-0.2, -0.15) is 13.2 Å². The van der Waals surface area contributed by atoms with E-state index in [4.69, 9.17) is 9.47 Å². The Morgan fingerprint density at radius 3 is 2.21 bits per heavy atom. The molecule has 24 heavy (non-hydrogen) atoms. The number of nitrogens with zero attached hydrogens (tertiary/aromatic N) is 1. The summed E-state index contributed by atoms with van der Waals surface area (Å²) in [4.78, 5) is 13.7. The van der Waals surface area contributed by atoms with Crippen molar-refractivity contribution in [2.24, 2.45) is 0 Å². The molecule has 1 aromatic carbocycles.